The number of anilines is 3. The van der Waals surface area contributed by atoms with Crippen molar-refractivity contribution in [1.29, 1.82) is 0 Å². The molecule has 0 bridgehead atoms. The summed E-state index contributed by atoms with van der Waals surface area (Å²) in [6.45, 7) is 4.74. The molecule has 4 aliphatic rings. The Morgan fingerprint density at radius 3 is 1.59 bits per heavy atom. The first-order valence-electron chi connectivity index (χ1n) is 24.3. The second-order valence-electron chi connectivity index (χ2n) is 19.9. The fraction of sp³-hybridized carbons (Fsp3) is 0.0588. The number of nitrogens with zero attached hydrogens (tertiary/aromatic N) is 1. The molecule has 4 aliphatic carbocycles. The summed E-state index contributed by atoms with van der Waals surface area (Å²) in [5, 5.41) is 2.71. The van der Waals surface area contributed by atoms with Gasteiger partial charge in [0, 0.05) is 22.4 Å². The number of rotatable bonds is 5. The molecule has 1 atom stereocenters. The van der Waals surface area contributed by atoms with Crippen LogP contribution in [0.5, 0.6) is 0 Å². The molecular formula is C68H45N. The van der Waals surface area contributed by atoms with Crippen molar-refractivity contribution in [1.82, 2.24) is 0 Å². The zero-order valence-electron chi connectivity index (χ0n) is 38.5. The molecule has 15 rings (SSSR count). The molecule has 0 saturated heterocycles. The third-order valence-corrected chi connectivity index (χ3v) is 16.2. The standard InChI is InChI=1S/C68H45N/c1-67(2)58-27-12-8-22-50(58)52-38-36-46(40-61(52)67)69(64-30-15-11-19-47(64)43-17-4-3-5-18-43)45-34-31-42(32-35-45)44-33-37-53-51-23-9-13-28-59(51)68(62(53)39-44)60-29-14-10-24-55(60)66-56-26-16-25-54-48-20-6-7-21-49(48)57(65(54)56)41-63(66)68/h3-41H,1-2H3. The summed E-state index contributed by atoms with van der Waals surface area (Å²) < 4.78 is 0. The van der Waals surface area contributed by atoms with Crippen molar-refractivity contribution in [3.05, 3.63) is 270 Å². The van der Waals surface area contributed by atoms with Crippen LogP contribution < -0.4 is 4.90 Å². The number of fused-ring (bicyclic) bond motifs is 17. The van der Waals surface area contributed by atoms with Crippen molar-refractivity contribution in [2.24, 2.45) is 0 Å². The molecule has 1 heteroatoms. The molecule has 0 N–H and O–H groups in total. The van der Waals surface area contributed by atoms with E-state index in [1.165, 1.54) is 122 Å². The second-order valence-corrected chi connectivity index (χ2v) is 19.9. The van der Waals surface area contributed by atoms with E-state index in [1.54, 1.807) is 0 Å². The van der Waals surface area contributed by atoms with Crippen LogP contribution in [0.1, 0.15) is 47.2 Å². The summed E-state index contributed by atoms with van der Waals surface area (Å²) in [6.07, 6.45) is 0. The zero-order valence-corrected chi connectivity index (χ0v) is 38.5. The Kier molecular flexibility index (Phi) is 7.83. The number of hydrogen-bond donors (Lipinski definition) is 0. The van der Waals surface area contributed by atoms with Gasteiger partial charge in [0.15, 0.2) is 0 Å². The lowest BCUT2D eigenvalue weighted by molar-refractivity contribution is 0.660. The highest BCUT2D eigenvalue weighted by Crippen LogP contribution is 2.66. The lowest BCUT2D eigenvalue weighted by atomic mass is 9.69. The largest absolute Gasteiger partial charge is 0.310 e. The summed E-state index contributed by atoms with van der Waals surface area (Å²) in [5.41, 5.74) is 29.1. The van der Waals surface area contributed by atoms with Crippen LogP contribution in [0.4, 0.5) is 17.1 Å². The van der Waals surface area contributed by atoms with Crippen molar-refractivity contribution >= 4 is 27.8 Å². The molecule has 69 heavy (non-hydrogen) atoms. The molecule has 0 amide bonds. The summed E-state index contributed by atoms with van der Waals surface area (Å²) in [5.74, 6) is 0. The molecule has 0 heterocycles. The molecule has 0 aromatic heterocycles. The average molecular weight is 876 g/mol. The van der Waals surface area contributed by atoms with E-state index in [1.807, 2.05) is 0 Å². The van der Waals surface area contributed by atoms with Crippen molar-refractivity contribution in [3.8, 4) is 77.9 Å². The quantitative estimate of drug-likeness (QED) is 0.167. The van der Waals surface area contributed by atoms with Gasteiger partial charge in [-0.2, -0.15) is 0 Å². The smallest absolute Gasteiger partial charge is 0.0726 e. The minimum atomic E-state index is -0.481. The summed E-state index contributed by atoms with van der Waals surface area (Å²) in [7, 11) is 0. The van der Waals surface area contributed by atoms with Crippen LogP contribution >= 0.6 is 0 Å². The van der Waals surface area contributed by atoms with E-state index in [-0.39, 0.29) is 5.41 Å². The van der Waals surface area contributed by atoms with Gasteiger partial charge in [0.2, 0.25) is 0 Å². The Balaban J connectivity index is 0.909. The fourth-order valence-electron chi connectivity index (χ4n) is 13.3. The monoisotopic (exact) mass is 875 g/mol. The molecule has 1 unspecified atom stereocenters. The van der Waals surface area contributed by atoms with Crippen LogP contribution in [0, 0.1) is 0 Å². The molecule has 1 spiro atoms. The first-order valence-corrected chi connectivity index (χ1v) is 24.3. The maximum Gasteiger partial charge on any atom is 0.0726 e. The Hall–Kier alpha value is -8.52. The maximum absolute atomic E-state index is 2.57. The van der Waals surface area contributed by atoms with E-state index in [0.717, 1.165) is 17.1 Å². The Morgan fingerprint density at radius 2 is 0.826 bits per heavy atom. The third kappa shape index (κ3) is 5.09. The van der Waals surface area contributed by atoms with E-state index < -0.39 is 5.41 Å². The molecule has 0 radical (unpaired) electrons. The first kappa shape index (κ1) is 38.6. The predicted octanol–water partition coefficient (Wildman–Crippen LogP) is 17.9. The Bertz CT molecular complexity index is 3980. The predicted molar refractivity (Wildman–Crippen MR) is 288 cm³/mol. The van der Waals surface area contributed by atoms with Gasteiger partial charge in [0.05, 0.1) is 11.1 Å². The van der Waals surface area contributed by atoms with Crippen LogP contribution in [-0.4, -0.2) is 0 Å². The summed E-state index contributed by atoms with van der Waals surface area (Å²) in [4.78, 5) is 2.46. The highest BCUT2D eigenvalue weighted by atomic mass is 15.1. The maximum atomic E-state index is 2.57. The van der Waals surface area contributed by atoms with E-state index in [2.05, 4.69) is 255 Å². The average Bonchev–Trinajstić information content (AvgIpc) is 4.08. The highest BCUT2D eigenvalue weighted by Gasteiger charge is 2.52. The number of benzene rings is 11. The van der Waals surface area contributed by atoms with Gasteiger partial charge in [-0.05, 0) is 159 Å². The molecule has 0 saturated carbocycles. The third-order valence-electron chi connectivity index (χ3n) is 16.2. The van der Waals surface area contributed by atoms with Crippen LogP contribution in [0.3, 0.4) is 0 Å². The normalized spacial score (nSPS) is 15.6. The fourth-order valence-corrected chi connectivity index (χ4v) is 13.3. The first-order chi connectivity index (χ1) is 34.0. The van der Waals surface area contributed by atoms with Crippen molar-refractivity contribution in [2.45, 2.75) is 24.7 Å². The highest BCUT2D eigenvalue weighted by molar-refractivity contribution is 6.21. The van der Waals surface area contributed by atoms with Gasteiger partial charge in [-0.15, -0.1) is 0 Å². The molecule has 0 fully saturated rings. The van der Waals surface area contributed by atoms with Gasteiger partial charge in [-0.25, -0.2) is 0 Å². The van der Waals surface area contributed by atoms with E-state index in [4.69, 9.17) is 0 Å². The zero-order chi connectivity index (χ0) is 45.6. The van der Waals surface area contributed by atoms with Crippen molar-refractivity contribution < 1.29 is 0 Å². The van der Waals surface area contributed by atoms with Crippen LogP contribution in [0.25, 0.3) is 88.7 Å². The van der Waals surface area contributed by atoms with E-state index in [0.29, 0.717) is 0 Å². The van der Waals surface area contributed by atoms with Crippen LogP contribution in [0.15, 0.2) is 237 Å². The second kappa shape index (κ2) is 14.0. The Morgan fingerprint density at radius 1 is 0.290 bits per heavy atom. The van der Waals surface area contributed by atoms with Gasteiger partial charge in [-0.3, -0.25) is 0 Å². The van der Waals surface area contributed by atoms with E-state index in [9.17, 15) is 0 Å². The topological polar surface area (TPSA) is 3.24 Å². The van der Waals surface area contributed by atoms with Crippen molar-refractivity contribution in [3.63, 3.8) is 0 Å². The Labute approximate surface area is 403 Å². The number of hydrogen-bond acceptors (Lipinski definition) is 1. The van der Waals surface area contributed by atoms with Gasteiger partial charge >= 0.3 is 0 Å². The van der Waals surface area contributed by atoms with Crippen molar-refractivity contribution in [2.75, 3.05) is 4.90 Å². The molecular weight excluding hydrogens is 831 g/mol. The molecule has 0 aliphatic heterocycles. The summed E-state index contributed by atoms with van der Waals surface area (Å²) >= 11 is 0. The van der Waals surface area contributed by atoms with Gasteiger partial charge < -0.3 is 4.90 Å². The SMILES string of the molecule is CC1(C)c2ccccc2-c2ccc(N(c3ccc(-c4ccc5c(c4)C4(c6ccccc6-5)c5ccccc5-c5c4cc4c6c(cccc56)-c5ccccc5-4)cc3)c3ccccc3-c3ccccc3)cc21. The van der Waals surface area contributed by atoms with Gasteiger partial charge in [-0.1, -0.05) is 208 Å². The molecule has 1 nitrogen and oxygen atoms in total. The molecule has 11 aromatic rings. The van der Waals surface area contributed by atoms with Crippen LogP contribution in [-0.2, 0) is 10.8 Å². The lowest BCUT2D eigenvalue weighted by Crippen LogP contribution is -2.26. The van der Waals surface area contributed by atoms with Crippen LogP contribution in [0.2, 0.25) is 0 Å². The molecule has 322 valence electrons. The minimum Gasteiger partial charge on any atom is -0.310 e. The van der Waals surface area contributed by atoms with Gasteiger partial charge in [0.1, 0.15) is 0 Å². The minimum absolute atomic E-state index is 0.125. The molecule has 11 aromatic carbocycles. The number of para-hydroxylation sites is 1. The lowest BCUT2D eigenvalue weighted by Gasteiger charge is -2.31. The summed E-state index contributed by atoms with van der Waals surface area (Å²) in [6, 6.07) is 89.2. The van der Waals surface area contributed by atoms with Gasteiger partial charge in [0.25, 0.3) is 0 Å². The van der Waals surface area contributed by atoms with E-state index >= 15 is 0 Å².